The molecule has 2 aliphatic rings. The van der Waals surface area contributed by atoms with Crippen LogP contribution in [0.15, 0.2) is 100 Å². The molecule has 1 aromatic heterocycles. The number of ether oxygens (including phenoxy) is 2. The Morgan fingerprint density at radius 1 is 1.11 bits per heavy atom. The van der Waals surface area contributed by atoms with Gasteiger partial charge in [0.05, 0.1) is 23.9 Å². The van der Waals surface area contributed by atoms with Gasteiger partial charge in [-0.15, -0.1) is 0 Å². The fourth-order valence-corrected chi connectivity index (χ4v) is 6.39. The maximum atomic E-state index is 12.8. The zero-order valence-corrected chi connectivity index (χ0v) is 26.9. The average Bonchev–Trinajstić information content (AvgIpc) is 3.63. The molecule has 12 heteroatoms. The van der Waals surface area contributed by atoms with Crippen LogP contribution < -0.4 is 15.9 Å². The lowest BCUT2D eigenvalue weighted by Gasteiger charge is -2.19. The second kappa shape index (κ2) is 14.7. The summed E-state index contributed by atoms with van der Waals surface area (Å²) < 4.78 is 13.8. The van der Waals surface area contributed by atoms with Gasteiger partial charge in [-0.1, -0.05) is 55.1 Å². The van der Waals surface area contributed by atoms with Gasteiger partial charge < -0.3 is 19.9 Å². The van der Waals surface area contributed by atoms with Crippen molar-refractivity contribution in [2.75, 3.05) is 6.61 Å². The summed E-state index contributed by atoms with van der Waals surface area (Å²) in [5.41, 5.74) is 2.55. The van der Waals surface area contributed by atoms with Gasteiger partial charge in [-0.25, -0.2) is 22.9 Å². The monoisotopic (exact) mass is 659 g/mol. The number of para-hydroxylation sites is 1. The number of nitrogens with zero attached hydrogens (tertiary/aromatic N) is 2. The number of carboxylic acids is 1. The topological polar surface area (TPSA) is 149 Å². The van der Waals surface area contributed by atoms with Crippen LogP contribution in [-0.4, -0.2) is 49.8 Å². The first-order valence-electron chi connectivity index (χ1n) is 15.4. The molecule has 3 aromatic rings. The van der Waals surface area contributed by atoms with Gasteiger partial charge in [-0.05, 0) is 73.8 Å². The quantitative estimate of drug-likeness (QED) is 0.135. The Bertz CT molecular complexity index is 1820. The molecule has 1 saturated heterocycles. The second-order valence-corrected chi connectivity index (χ2v) is 12.9. The minimum atomic E-state index is -1.02. The lowest BCUT2D eigenvalue weighted by atomic mass is 9.84. The third-order valence-corrected chi connectivity index (χ3v) is 9.50. The third-order valence-electron chi connectivity index (χ3n) is 8.58. The van der Waals surface area contributed by atoms with E-state index in [1.165, 1.54) is 8.52 Å². The van der Waals surface area contributed by atoms with E-state index in [1.807, 2.05) is 19.1 Å². The van der Waals surface area contributed by atoms with Crippen LogP contribution in [0, 0.1) is 5.92 Å². The lowest BCUT2D eigenvalue weighted by Crippen LogP contribution is -2.28. The summed E-state index contributed by atoms with van der Waals surface area (Å²) in [6.45, 7) is 6.16. The summed E-state index contributed by atoms with van der Waals surface area (Å²) in [5, 5.41) is 12.2. The normalized spacial score (nSPS) is 22.0. The van der Waals surface area contributed by atoms with E-state index in [2.05, 4.69) is 11.9 Å². The second-order valence-electron chi connectivity index (χ2n) is 12.0. The number of allylic oxidation sites excluding steroid dienone is 1. The van der Waals surface area contributed by atoms with Gasteiger partial charge in [-0.2, -0.15) is 0 Å². The molecule has 0 spiro atoms. The number of aliphatic carboxylic acids is 1. The molecule has 1 fully saturated rings. The number of carbonyl (C=O) groups is 3. The molecule has 0 radical (unpaired) electrons. The molecule has 0 saturated carbocycles. The van der Waals surface area contributed by atoms with Crippen molar-refractivity contribution in [3.63, 3.8) is 0 Å². The highest BCUT2D eigenvalue weighted by Crippen LogP contribution is 2.46. The van der Waals surface area contributed by atoms with Crippen LogP contribution in [0.5, 0.6) is 0 Å². The van der Waals surface area contributed by atoms with E-state index < -0.39 is 23.5 Å². The number of nitrogens with one attached hydrogen (secondary N) is 1. The molecule has 0 unspecified atom stereocenters. The van der Waals surface area contributed by atoms with Gasteiger partial charge in [0, 0.05) is 35.8 Å². The molecule has 3 atom stereocenters. The minimum Gasteiger partial charge on any atom is -0.478 e. The molecular formula is C35H37N3O8S. The number of carboxylic acid groups (broad SMARTS) is 1. The van der Waals surface area contributed by atoms with Crippen LogP contribution in [-0.2, 0) is 36.9 Å². The van der Waals surface area contributed by atoms with E-state index in [-0.39, 0.29) is 47.8 Å². The van der Waals surface area contributed by atoms with Gasteiger partial charge in [0.25, 0.3) is 0 Å². The minimum absolute atomic E-state index is 0.0253. The van der Waals surface area contributed by atoms with Gasteiger partial charge in [-0.3, -0.25) is 9.59 Å². The number of hydrogen-bond donors (Lipinski definition) is 2. The molecule has 1 amide bonds. The Hall–Kier alpha value is -4.81. The molecule has 2 heterocycles. The number of esters is 1. The SMILES string of the molecule is C=C(C(=O)O)[C@@H]1CC/C(COC(=O)/C=C\C(=O)NCc2ccc(Cn3c(=O)sn(-c4ccccc4)c3=O)cc2)=C\CC[C@@]2(C)O[C@H]2C1. The average molecular weight is 660 g/mol. The van der Waals surface area contributed by atoms with Crippen molar-refractivity contribution in [1.29, 1.82) is 0 Å². The van der Waals surface area contributed by atoms with E-state index in [0.29, 0.717) is 24.9 Å². The predicted molar refractivity (Wildman–Crippen MR) is 176 cm³/mol. The number of fused-ring (bicyclic) bond motifs is 1. The summed E-state index contributed by atoms with van der Waals surface area (Å²) >= 11 is 0.848. The smallest absolute Gasteiger partial charge is 0.346 e. The number of carbonyl (C=O) groups excluding carboxylic acids is 2. The molecule has 11 nitrogen and oxygen atoms in total. The van der Waals surface area contributed by atoms with Crippen molar-refractivity contribution in [2.45, 2.75) is 63.8 Å². The summed E-state index contributed by atoms with van der Waals surface area (Å²) in [6, 6.07) is 16.1. The van der Waals surface area contributed by atoms with Crippen molar-refractivity contribution in [3.8, 4) is 5.69 Å². The maximum absolute atomic E-state index is 12.8. The van der Waals surface area contributed by atoms with Crippen molar-refractivity contribution in [3.05, 3.63) is 122 Å². The van der Waals surface area contributed by atoms with E-state index >= 15 is 0 Å². The standard InChI is InChI=1S/C35H37N3O8S/c1-23(32(41)42)27-15-14-26(7-6-18-35(2)29(19-27)46-35)22-45-31(40)17-16-30(39)36-20-24-10-12-25(13-11-24)21-37-33(43)38(47-34(37)44)28-8-4-3-5-9-28/h3-5,7-13,16-17,27,29H,1,6,14-15,18-22H2,2H3,(H,36,39)(H,41,42)/b17-16-,26-7+/t27-,29+,35-/m1/s1. The first-order chi connectivity index (χ1) is 22.5. The van der Waals surface area contributed by atoms with Crippen molar-refractivity contribution < 1.29 is 29.0 Å². The van der Waals surface area contributed by atoms with Gasteiger partial charge in [0.15, 0.2) is 0 Å². The number of hydrogen-bond acceptors (Lipinski definition) is 8. The zero-order valence-electron chi connectivity index (χ0n) is 26.1. The summed E-state index contributed by atoms with van der Waals surface area (Å²) in [5.74, 6) is -2.39. The summed E-state index contributed by atoms with van der Waals surface area (Å²) in [6.07, 6.45) is 7.48. The zero-order chi connectivity index (χ0) is 33.6. The lowest BCUT2D eigenvalue weighted by molar-refractivity contribution is -0.137. The van der Waals surface area contributed by atoms with Crippen molar-refractivity contribution in [2.24, 2.45) is 5.92 Å². The molecule has 2 aromatic carbocycles. The fourth-order valence-electron chi connectivity index (χ4n) is 5.59. The first kappa shape index (κ1) is 33.6. The Kier molecular flexibility index (Phi) is 10.5. The maximum Gasteiger partial charge on any atom is 0.346 e. The summed E-state index contributed by atoms with van der Waals surface area (Å²) in [7, 11) is 0. The Morgan fingerprint density at radius 3 is 2.55 bits per heavy atom. The molecule has 246 valence electrons. The van der Waals surface area contributed by atoms with Gasteiger partial charge in [0.2, 0.25) is 5.91 Å². The van der Waals surface area contributed by atoms with Crippen LogP contribution in [0.25, 0.3) is 5.69 Å². The highest BCUT2D eigenvalue weighted by Gasteiger charge is 2.52. The molecule has 1 aliphatic heterocycles. The first-order valence-corrected chi connectivity index (χ1v) is 16.2. The molecule has 0 bridgehead atoms. The van der Waals surface area contributed by atoms with E-state index in [9.17, 15) is 29.1 Å². The highest BCUT2D eigenvalue weighted by atomic mass is 32.1. The van der Waals surface area contributed by atoms with E-state index in [4.69, 9.17) is 9.47 Å². The number of rotatable bonds is 11. The highest BCUT2D eigenvalue weighted by molar-refractivity contribution is 7.03. The summed E-state index contributed by atoms with van der Waals surface area (Å²) in [4.78, 5) is 61.2. The van der Waals surface area contributed by atoms with E-state index in [0.717, 1.165) is 53.2 Å². The van der Waals surface area contributed by atoms with E-state index in [1.54, 1.807) is 48.5 Å². The number of aromatic nitrogens is 2. The molecule has 47 heavy (non-hydrogen) atoms. The van der Waals surface area contributed by atoms with Crippen LogP contribution in [0.2, 0.25) is 0 Å². The van der Waals surface area contributed by atoms with Crippen molar-refractivity contribution >= 4 is 29.4 Å². The molecule has 5 rings (SSSR count). The van der Waals surface area contributed by atoms with Crippen molar-refractivity contribution in [1.82, 2.24) is 13.8 Å². The Morgan fingerprint density at radius 2 is 1.83 bits per heavy atom. The van der Waals surface area contributed by atoms with Gasteiger partial charge >= 0.3 is 22.5 Å². The fraction of sp³-hybridized carbons (Fsp3) is 0.343. The van der Waals surface area contributed by atoms with Crippen LogP contribution in [0.4, 0.5) is 0 Å². The third kappa shape index (κ3) is 8.72. The van der Waals surface area contributed by atoms with Crippen LogP contribution >= 0.6 is 11.5 Å². The number of epoxide rings is 1. The Balaban J connectivity index is 1.08. The van der Waals surface area contributed by atoms with Crippen LogP contribution in [0.1, 0.15) is 50.2 Å². The molecular weight excluding hydrogens is 622 g/mol. The van der Waals surface area contributed by atoms with Crippen LogP contribution in [0.3, 0.4) is 0 Å². The molecule has 2 N–H and O–H groups in total. The number of benzene rings is 2. The molecule has 1 aliphatic carbocycles. The largest absolute Gasteiger partial charge is 0.478 e. The number of amides is 1. The van der Waals surface area contributed by atoms with Gasteiger partial charge in [0.1, 0.15) is 6.61 Å². The predicted octanol–water partition coefficient (Wildman–Crippen LogP) is 4.13. The Labute approximate surface area is 275 Å².